The van der Waals surface area contributed by atoms with E-state index >= 15 is 0 Å². The van der Waals surface area contributed by atoms with Crippen LogP contribution in [0.2, 0.25) is 0 Å². The van der Waals surface area contributed by atoms with Crippen molar-refractivity contribution in [3.8, 4) is 0 Å². The minimum absolute atomic E-state index is 0.811. The van der Waals surface area contributed by atoms with Crippen molar-refractivity contribution in [3.63, 3.8) is 0 Å². The van der Waals surface area contributed by atoms with Gasteiger partial charge in [-0.25, -0.2) is 0 Å². The zero-order valence-corrected chi connectivity index (χ0v) is 15.3. The van der Waals surface area contributed by atoms with Crippen molar-refractivity contribution >= 4 is 16.6 Å². The topological polar surface area (TPSA) is 28.6 Å². The molecule has 134 valence electrons. The normalized spacial score (nSPS) is 14.9. The number of pyridine rings is 1. The maximum atomic E-state index is 5.50. The molecule has 0 saturated carbocycles. The molecule has 4 heteroatoms. The molecule has 1 fully saturated rings. The van der Waals surface area contributed by atoms with Gasteiger partial charge in [-0.1, -0.05) is 42.5 Å². The molecule has 3 aromatic rings. The molecule has 0 amide bonds. The lowest BCUT2D eigenvalue weighted by molar-refractivity contribution is 0.122. The summed E-state index contributed by atoms with van der Waals surface area (Å²) in [5.41, 5.74) is 5.07. The number of anilines is 1. The first-order valence-corrected chi connectivity index (χ1v) is 9.23. The monoisotopic (exact) mass is 347 g/mol. The second-order valence-corrected chi connectivity index (χ2v) is 6.89. The van der Waals surface area contributed by atoms with Gasteiger partial charge in [0.05, 0.1) is 18.7 Å². The van der Waals surface area contributed by atoms with Crippen molar-refractivity contribution in [1.82, 2.24) is 9.88 Å². The zero-order valence-electron chi connectivity index (χ0n) is 15.3. The minimum atomic E-state index is 0.811. The highest BCUT2D eigenvalue weighted by Gasteiger charge is 2.15. The molecule has 0 N–H and O–H groups in total. The number of morpholine rings is 1. The van der Waals surface area contributed by atoms with E-state index in [0.717, 1.165) is 44.9 Å². The summed E-state index contributed by atoms with van der Waals surface area (Å²) in [6.07, 6.45) is 1.87. The molecule has 1 aromatic heterocycles. The summed E-state index contributed by atoms with van der Waals surface area (Å²) in [6.45, 7) is 5.35. The average molecular weight is 347 g/mol. The number of hydrogen-bond acceptors (Lipinski definition) is 4. The molecule has 0 radical (unpaired) electrons. The molecule has 0 unspecified atom stereocenters. The van der Waals surface area contributed by atoms with Gasteiger partial charge >= 0.3 is 0 Å². The molecular weight excluding hydrogens is 322 g/mol. The third-order valence-corrected chi connectivity index (χ3v) is 4.94. The Morgan fingerprint density at radius 2 is 1.65 bits per heavy atom. The average Bonchev–Trinajstić information content (AvgIpc) is 2.69. The van der Waals surface area contributed by atoms with Crippen LogP contribution >= 0.6 is 0 Å². The number of benzene rings is 2. The van der Waals surface area contributed by atoms with E-state index in [2.05, 4.69) is 70.4 Å². The molecule has 1 saturated heterocycles. The highest BCUT2D eigenvalue weighted by molar-refractivity contribution is 5.81. The van der Waals surface area contributed by atoms with E-state index in [-0.39, 0.29) is 0 Å². The molecule has 26 heavy (non-hydrogen) atoms. The van der Waals surface area contributed by atoms with Crippen molar-refractivity contribution in [2.24, 2.45) is 0 Å². The Balaban J connectivity index is 1.52. The molecule has 2 heterocycles. The summed E-state index contributed by atoms with van der Waals surface area (Å²) in [6, 6.07) is 19.3. The predicted octanol–water partition coefficient (Wildman–Crippen LogP) is 3.70. The van der Waals surface area contributed by atoms with Crippen LogP contribution in [0, 0.1) is 0 Å². The van der Waals surface area contributed by atoms with Gasteiger partial charge in [-0.05, 0) is 30.3 Å². The molecule has 0 bridgehead atoms. The predicted molar refractivity (Wildman–Crippen MR) is 106 cm³/mol. The van der Waals surface area contributed by atoms with Crippen LogP contribution in [0.5, 0.6) is 0 Å². The fraction of sp³-hybridized carbons (Fsp3) is 0.318. The second-order valence-electron chi connectivity index (χ2n) is 6.89. The lowest BCUT2D eigenvalue weighted by atomic mass is 10.1. The first-order chi connectivity index (χ1) is 12.8. The quantitative estimate of drug-likeness (QED) is 0.704. The molecule has 0 atom stereocenters. The number of aromatic nitrogens is 1. The van der Waals surface area contributed by atoms with E-state index in [4.69, 9.17) is 4.74 Å². The fourth-order valence-corrected chi connectivity index (χ4v) is 3.69. The largest absolute Gasteiger partial charge is 0.378 e. The van der Waals surface area contributed by atoms with Crippen molar-refractivity contribution < 1.29 is 4.74 Å². The van der Waals surface area contributed by atoms with Crippen LogP contribution < -0.4 is 4.90 Å². The molecule has 0 spiro atoms. The summed E-state index contributed by atoms with van der Waals surface area (Å²) in [7, 11) is 2.18. The van der Waals surface area contributed by atoms with Gasteiger partial charge in [0.2, 0.25) is 0 Å². The number of rotatable bonds is 5. The lowest BCUT2D eigenvalue weighted by Crippen LogP contribution is -2.37. The van der Waals surface area contributed by atoms with Crippen molar-refractivity contribution in [2.45, 2.75) is 13.1 Å². The Morgan fingerprint density at radius 1 is 0.923 bits per heavy atom. The Labute approximate surface area is 155 Å². The Morgan fingerprint density at radius 3 is 2.54 bits per heavy atom. The summed E-state index contributed by atoms with van der Waals surface area (Å²) in [5, 5.41) is 1.20. The highest BCUT2D eigenvalue weighted by Crippen LogP contribution is 2.24. The summed E-state index contributed by atoms with van der Waals surface area (Å²) in [5.74, 6) is 0. The van der Waals surface area contributed by atoms with Crippen LogP contribution in [0.3, 0.4) is 0 Å². The summed E-state index contributed by atoms with van der Waals surface area (Å²) >= 11 is 0. The van der Waals surface area contributed by atoms with Gasteiger partial charge in [-0.3, -0.25) is 9.88 Å². The number of nitrogens with zero attached hydrogens (tertiary/aromatic N) is 3. The Kier molecular flexibility index (Phi) is 5.14. The van der Waals surface area contributed by atoms with E-state index in [1.807, 2.05) is 12.3 Å². The third-order valence-electron chi connectivity index (χ3n) is 4.94. The number of ether oxygens (including phenoxy) is 1. The molecule has 4 nitrogen and oxygen atoms in total. The maximum absolute atomic E-state index is 5.50. The Bertz CT molecular complexity index is 869. The van der Waals surface area contributed by atoms with Crippen LogP contribution in [0.1, 0.15) is 11.1 Å². The summed E-state index contributed by atoms with van der Waals surface area (Å²) < 4.78 is 5.50. The SMILES string of the molecule is CN(Cc1ccccc1N1CCOCC1)Cc1cccc2cccnc12. The van der Waals surface area contributed by atoms with Gasteiger partial charge in [0.1, 0.15) is 0 Å². The molecule has 1 aliphatic heterocycles. The van der Waals surface area contributed by atoms with E-state index in [1.54, 1.807) is 0 Å². The van der Waals surface area contributed by atoms with Gasteiger partial charge in [0, 0.05) is 43.4 Å². The standard InChI is InChI=1S/C22H25N3O/c1-24(17-20-8-4-7-18-9-5-11-23-22(18)20)16-19-6-2-3-10-21(19)25-12-14-26-15-13-25/h2-11H,12-17H2,1H3. The van der Waals surface area contributed by atoms with Crippen LogP contribution in [0.4, 0.5) is 5.69 Å². The van der Waals surface area contributed by atoms with Gasteiger partial charge < -0.3 is 9.64 Å². The smallest absolute Gasteiger partial charge is 0.0746 e. The Hall–Kier alpha value is -2.43. The van der Waals surface area contributed by atoms with Crippen LogP contribution in [-0.4, -0.2) is 43.2 Å². The molecule has 4 rings (SSSR count). The van der Waals surface area contributed by atoms with Gasteiger partial charge in [0.15, 0.2) is 0 Å². The fourth-order valence-electron chi connectivity index (χ4n) is 3.69. The number of para-hydroxylation sites is 2. The van der Waals surface area contributed by atoms with E-state index in [9.17, 15) is 0 Å². The molecule has 0 aliphatic carbocycles. The maximum Gasteiger partial charge on any atom is 0.0746 e. The van der Waals surface area contributed by atoms with Gasteiger partial charge in [0.25, 0.3) is 0 Å². The van der Waals surface area contributed by atoms with Gasteiger partial charge in [-0.15, -0.1) is 0 Å². The molecular formula is C22H25N3O. The van der Waals surface area contributed by atoms with E-state index < -0.39 is 0 Å². The van der Waals surface area contributed by atoms with Crippen LogP contribution in [0.25, 0.3) is 10.9 Å². The van der Waals surface area contributed by atoms with E-state index in [1.165, 1.54) is 22.2 Å². The van der Waals surface area contributed by atoms with Crippen LogP contribution in [-0.2, 0) is 17.8 Å². The zero-order chi connectivity index (χ0) is 17.8. The first kappa shape index (κ1) is 17.0. The van der Waals surface area contributed by atoms with Gasteiger partial charge in [-0.2, -0.15) is 0 Å². The molecule has 2 aromatic carbocycles. The van der Waals surface area contributed by atoms with Crippen molar-refractivity contribution in [3.05, 3.63) is 71.9 Å². The first-order valence-electron chi connectivity index (χ1n) is 9.23. The third kappa shape index (κ3) is 3.71. The number of fused-ring (bicyclic) bond motifs is 1. The van der Waals surface area contributed by atoms with Crippen LogP contribution in [0.15, 0.2) is 60.8 Å². The second kappa shape index (κ2) is 7.85. The van der Waals surface area contributed by atoms with Crippen molar-refractivity contribution in [2.75, 3.05) is 38.3 Å². The number of hydrogen-bond donors (Lipinski definition) is 0. The van der Waals surface area contributed by atoms with Crippen molar-refractivity contribution in [1.29, 1.82) is 0 Å². The lowest BCUT2D eigenvalue weighted by Gasteiger charge is -2.31. The summed E-state index contributed by atoms with van der Waals surface area (Å²) in [4.78, 5) is 9.38. The highest BCUT2D eigenvalue weighted by atomic mass is 16.5. The molecule has 1 aliphatic rings. The van der Waals surface area contributed by atoms with E-state index in [0.29, 0.717) is 0 Å². The minimum Gasteiger partial charge on any atom is -0.378 e.